The lowest BCUT2D eigenvalue weighted by Crippen LogP contribution is -2.48. The SMILES string of the molecule is O=C(OCC1c2ccccc2-c2ccccc21)N(CC(=O)N1CCc2c1cc(OCc1ccccc1)c1ccccc21)CC(=O)N1C[C@@H](CCl)c2c1cc(OCc1ccccc1)c1ccccc21. The number of halogens is 1. The summed E-state index contributed by atoms with van der Waals surface area (Å²) < 4.78 is 19.1. The Hall–Kier alpha value is -7.62. The molecule has 11 rings (SSSR count). The number of hydrogen-bond donors (Lipinski definition) is 0. The molecule has 0 radical (unpaired) electrons. The van der Waals surface area contributed by atoms with Gasteiger partial charge in [-0.3, -0.25) is 14.5 Å². The van der Waals surface area contributed by atoms with Crippen molar-refractivity contribution in [2.75, 3.05) is 48.5 Å². The van der Waals surface area contributed by atoms with Crippen molar-refractivity contribution in [1.82, 2.24) is 4.90 Å². The molecule has 0 saturated heterocycles. The molecule has 9 nitrogen and oxygen atoms in total. The second-order valence-corrected chi connectivity index (χ2v) is 17.9. The van der Waals surface area contributed by atoms with E-state index in [2.05, 4.69) is 30.3 Å². The van der Waals surface area contributed by atoms with Gasteiger partial charge in [0.1, 0.15) is 44.4 Å². The zero-order valence-corrected chi connectivity index (χ0v) is 38.1. The number of carbonyl (C=O) groups is 3. The Balaban J connectivity index is 0.906. The van der Waals surface area contributed by atoms with Gasteiger partial charge in [-0.05, 0) is 61.7 Å². The molecular weight excluding hydrogens is 870 g/mol. The van der Waals surface area contributed by atoms with E-state index in [0.29, 0.717) is 49.9 Å². The van der Waals surface area contributed by atoms with E-state index >= 15 is 0 Å². The standard InChI is InChI=1S/C58H48ClN3O6/c59-31-40-32-62(52-30-54(67-36-39-17-5-2-6-18-39)48-25-13-14-26-49(48)57(40)52)56(64)34-60(58(65)68-37-50-43-21-9-7-19-41(43)42-20-8-10-22-44(42)50)33-55(63)61-28-27-46-45-23-11-12-24-47(45)53(29-51(46)61)66-35-38-15-3-1-4-16-38/h1-26,29-30,40,50H,27-28,31-37H2/t40-/m1/s1. The van der Waals surface area contributed by atoms with Crippen molar-refractivity contribution in [2.24, 2.45) is 0 Å². The summed E-state index contributed by atoms with van der Waals surface area (Å²) in [6.45, 7) is 0.629. The first kappa shape index (κ1) is 43.0. The molecule has 68 heavy (non-hydrogen) atoms. The van der Waals surface area contributed by atoms with Crippen molar-refractivity contribution in [3.8, 4) is 22.6 Å². The van der Waals surface area contributed by atoms with Crippen molar-refractivity contribution in [1.29, 1.82) is 0 Å². The van der Waals surface area contributed by atoms with Crippen LogP contribution in [0.3, 0.4) is 0 Å². The summed E-state index contributed by atoms with van der Waals surface area (Å²) >= 11 is 6.69. The van der Waals surface area contributed by atoms with Gasteiger partial charge in [0.2, 0.25) is 11.8 Å². The van der Waals surface area contributed by atoms with Crippen LogP contribution >= 0.6 is 11.6 Å². The molecule has 8 aromatic carbocycles. The topological polar surface area (TPSA) is 88.6 Å². The lowest BCUT2D eigenvalue weighted by atomic mass is 9.95. The largest absolute Gasteiger partial charge is 0.488 e. The first-order valence-corrected chi connectivity index (χ1v) is 23.7. The van der Waals surface area contributed by atoms with Crippen LogP contribution in [0.2, 0.25) is 0 Å². The maximum absolute atomic E-state index is 14.9. The molecule has 2 aliphatic heterocycles. The van der Waals surface area contributed by atoms with Crippen LogP contribution in [0.4, 0.5) is 16.2 Å². The maximum Gasteiger partial charge on any atom is 0.410 e. The van der Waals surface area contributed by atoms with Gasteiger partial charge in [0, 0.05) is 53.7 Å². The minimum absolute atomic E-state index is 0.0291. The molecule has 338 valence electrons. The number of amides is 3. The highest BCUT2D eigenvalue weighted by Crippen LogP contribution is 2.47. The Morgan fingerprint density at radius 3 is 1.68 bits per heavy atom. The Bertz CT molecular complexity index is 3170. The number of fused-ring (bicyclic) bond motifs is 9. The lowest BCUT2D eigenvalue weighted by Gasteiger charge is -2.28. The van der Waals surface area contributed by atoms with E-state index in [-0.39, 0.29) is 36.1 Å². The van der Waals surface area contributed by atoms with Crippen molar-refractivity contribution in [3.05, 3.63) is 203 Å². The molecule has 10 heteroatoms. The Kier molecular flexibility index (Phi) is 11.7. The van der Waals surface area contributed by atoms with E-state index < -0.39 is 19.2 Å². The van der Waals surface area contributed by atoms with Crippen molar-refractivity contribution in [2.45, 2.75) is 31.5 Å². The van der Waals surface area contributed by atoms with Gasteiger partial charge in [0.15, 0.2) is 0 Å². The van der Waals surface area contributed by atoms with Crippen LogP contribution < -0.4 is 19.3 Å². The number of hydrogen-bond acceptors (Lipinski definition) is 6. The van der Waals surface area contributed by atoms with Crippen molar-refractivity contribution in [3.63, 3.8) is 0 Å². The third kappa shape index (κ3) is 8.06. The van der Waals surface area contributed by atoms with Crippen LogP contribution in [0.1, 0.15) is 45.2 Å². The lowest BCUT2D eigenvalue weighted by molar-refractivity contribution is -0.122. The summed E-state index contributed by atoms with van der Waals surface area (Å²) in [5, 5.41) is 3.84. The fraction of sp³-hybridized carbons (Fsp3) is 0.190. The monoisotopic (exact) mass is 917 g/mol. The Morgan fingerprint density at radius 1 is 0.574 bits per heavy atom. The predicted octanol–water partition coefficient (Wildman–Crippen LogP) is 11.7. The number of alkyl halides is 1. The fourth-order valence-electron chi connectivity index (χ4n) is 10.3. The summed E-state index contributed by atoms with van der Waals surface area (Å²) in [5.74, 6) is 0.471. The molecule has 8 aromatic rings. The van der Waals surface area contributed by atoms with Crippen LogP contribution in [0.5, 0.6) is 11.5 Å². The number of anilines is 2. The van der Waals surface area contributed by atoms with Gasteiger partial charge in [-0.1, -0.05) is 158 Å². The highest BCUT2D eigenvalue weighted by atomic mass is 35.5. The molecular formula is C58H48ClN3O6. The van der Waals surface area contributed by atoms with Crippen LogP contribution in [-0.2, 0) is 34.0 Å². The molecule has 1 aliphatic carbocycles. The molecule has 1 atom stereocenters. The third-order valence-electron chi connectivity index (χ3n) is 13.6. The average molecular weight is 918 g/mol. The van der Waals surface area contributed by atoms with E-state index in [9.17, 15) is 14.4 Å². The summed E-state index contributed by atoms with van der Waals surface area (Å²) in [4.78, 5) is 49.0. The minimum Gasteiger partial charge on any atom is -0.488 e. The van der Waals surface area contributed by atoms with Gasteiger partial charge in [-0.25, -0.2) is 4.79 Å². The molecule has 2 heterocycles. The third-order valence-corrected chi connectivity index (χ3v) is 14.0. The van der Waals surface area contributed by atoms with Crippen LogP contribution in [0.25, 0.3) is 32.7 Å². The highest BCUT2D eigenvalue weighted by molar-refractivity contribution is 6.19. The second kappa shape index (κ2) is 18.6. The molecule has 0 N–H and O–H groups in total. The molecule has 0 spiro atoms. The van der Waals surface area contributed by atoms with E-state index in [1.54, 1.807) is 9.80 Å². The molecule has 0 bridgehead atoms. The van der Waals surface area contributed by atoms with Crippen LogP contribution in [0, 0.1) is 0 Å². The first-order valence-electron chi connectivity index (χ1n) is 23.1. The van der Waals surface area contributed by atoms with Gasteiger partial charge in [-0.2, -0.15) is 0 Å². The number of nitrogens with zero attached hydrogens (tertiary/aromatic N) is 3. The van der Waals surface area contributed by atoms with Gasteiger partial charge in [0.25, 0.3) is 0 Å². The molecule has 3 amide bonds. The summed E-state index contributed by atoms with van der Waals surface area (Å²) in [5.41, 5.74) is 9.73. The Labute approximate surface area is 400 Å². The van der Waals surface area contributed by atoms with Gasteiger partial charge < -0.3 is 24.0 Å². The van der Waals surface area contributed by atoms with Gasteiger partial charge >= 0.3 is 6.09 Å². The number of carbonyl (C=O) groups excluding carboxylic acids is 3. The van der Waals surface area contributed by atoms with Gasteiger partial charge in [0.05, 0.1) is 11.4 Å². The van der Waals surface area contributed by atoms with Crippen LogP contribution in [-0.4, -0.2) is 61.5 Å². The summed E-state index contributed by atoms with van der Waals surface area (Å²) in [6.07, 6.45) is -0.130. The van der Waals surface area contributed by atoms with E-state index in [4.69, 9.17) is 25.8 Å². The quantitative estimate of drug-likeness (QED) is 0.107. The molecule has 3 aliphatic rings. The van der Waals surface area contributed by atoms with E-state index in [1.807, 2.05) is 140 Å². The second-order valence-electron chi connectivity index (χ2n) is 17.6. The number of rotatable bonds is 13. The fourth-order valence-corrected chi connectivity index (χ4v) is 10.6. The average Bonchev–Trinajstić information content (AvgIpc) is 4.09. The normalized spacial score (nSPS) is 14.6. The Morgan fingerprint density at radius 2 is 1.07 bits per heavy atom. The number of benzene rings is 8. The molecule has 0 saturated carbocycles. The zero-order chi connectivity index (χ0) is 46.1. The summed E-state index contributed by atoms with van der Waals surface area (Å²) in [7, 11) is 0. The maximum atomic E-state index is 14.9. The van der Waals surface area contributed by atoms with E-state index in [0.717, 1.165) is 71.7 Å². The highest BCUT2D eigenvalue weighted by Gasteiger charge is 2.38. The smallest absolute Gasteiger partial charge is 0.410 e. The van der Waals surface area contributed by atoms with Crippen molar-refractivity contribution >= 4 is 62.4 Å². The van der Waals surface area contributed by atoms with Crippen LogP contribution in [0.15, 0.2) is 170 Å². The minimum atomic E-state index is -0.753. The number of ether oxygens (including phenoxy) is 3. The van der Waals surface area contributed by atoms with Crippen molar-refractivity contribution < 1.29 is 28.6 Å². The molecule has 0 unspecified atom stereocenters. The zero-order valence-electron chi connectivity index (χ0n) is 37.4. The first-order chi connectivity index (χ1) is 33.4. The summed E-state index contributed by atoms with van der Waals surface area (Å²) in [6, 6.07) is 56.1. The van der Waals surface area contributed by atoms with E-state index in [1.165, 1.54) is 4.90 Å². The van der Waals surface area contributed by atoms with Gasteiger partial charge in [-0.15, -0.1) is 11.6 Å². The predicted molar refractivity (Wildman–Crippen MR) is 268 cm³/mol. The molecule has 0 aromatic heterocycles. The molecule has 0 fully saturated rings.